The quantitative estimate of drug-likeness (QED) is 0.676. The summed E-state index contributed by atoms with van der Waals surface area (Å²) in [7, 11) is 0. The van der Waals surface area contributed by atoms with Crippen LogP contribution >= 0.6 is 0 Å². The Morgan fingerprint density at radius 3 is 3.08 bits per heavy atom. The average Bonchev–Trinajstić information content (AvgIpc) is 2.52. The minimum Gasteiger partial charge on any atom is -0.383 e. The molecule has 13 heavy (non-hydrogen) atoms. The van der Waals surface area contributed by atoms with Crippen LogP contribution in [0.2, 0.25) is 0 Å². The third-order valence-corrected chi connectivity index (χ3v) is 2.57. The fraction of sp³-hybridized carbons (Fsp3) is 0.667. The third-order valence-electron chi connectivity index (χ3n) is 2.57. The summed E-state index contributed by atoms with van der Waals surface area (Å²) in [5, 5.41) is 5.69. The molecule has 4 heteroatoms. The standard InChI is InChI=1S/C9H14N2O2/c1-6-4-7(2-3-10-6)8-5-9(12)11-13-8/h5-7,10H,2-4H2,1H3,(H,11,12)/t6-,7+/m1/s1. The lowest BCUT2D eigenvalue weighted by Gasteiger charge is -2.25. The Balaban J connectivity index is 2.12. The van der Waals surface area contributed by atoms with Crippen LogP contribution in [-0.4, -0.2) is 17.7 Å². The molecule has 2 heterocycles. The Labute approximate surface area is 76.3 Å². The summed E-state index contributed by atoms with van der Waals surface area (Å²) >= 11 is 0. The molecule has 1 fully saturated rings. The van der Waals surface area contributed by atoms with Crippen molar-refractivity contribution < 1.29 is 4.52 Å². The van der Waals surface area contributed by atoms with Crippen molar-refractivity contribution in [3.8, 4) is 0 Å². The van der Waals surface area contributed by atoms with Crippen LogP contribution in [0.4, 0.5) is 0 Å². The van der Waals surface area contributed by atoms with Crippen molar-refractivity contribution in [2.24, 2.45) is 0 Å². The molecule has 1 aliphatic rings. The zero-order chi connectivity index (χ0) is 9.26. The molecule has 0 unspecified atom stereocenters. The van der Waals surface area contributed by atoms with E-state index in [2.05, 4.69) is 17.4 Å². The van der Waals surface area contributed by atoms with Crippen molar-refractivity contribution in [1.29, 1.82) is 0 Å². The molecule has 1 aromatic heterocycles. The average molecular weight is 182 g/mol. The number of aromatic amines is 1. The first kappa shape index (κ1) is 8.56. The maximum absolute atomic E-state index is 10.8. The SMILES string of the molecule is C[C@@H]1C[C@@H](c2cc(=O)[nH]o2)CCN1. The van der Waals surface area contributed by atoms with E-state index in [1.807, 2.05) is 0 Å². The van der Waals surface area contributed by atoms with Crippen LogP contribution < -0.4 is 10.9 Å². The molecule has 0 aliphatic carbocycles. The summed E-state index contributed by atoms with van der Waals surface area (Å²) in [6.07, 6.45) is 2.09. The fourth-order valence-corrected chi connectivity index (χ4v) is 1.89. The van der Waals surface area contributed by atoms with Gasteiger partial charge in [0.05, 0.1) is 0 Å². The van der Waals surface area contributed by atoms with Gasteiger partial charge in [-0.2, -0.15) is 5.16 Å². The molecule has 0 saturated carbocycles. The van der Waals surface area contributed by atoms with Crippen LogP contribution in [0.25, 0.3) is 0 Å². The largest absolute Gasteiger partial charge is 0.383 e. The summed E-state index contributed by atoms with van der Waals surface area (Å²) in [5.41, 5.74) is -0.138. The van der Waals surface area contributed by atoms with Gasteiger partial charge in [-0.05, 0) is 26.3 Å². The molecule has 0 spiro atoms. The van der Waals surface area contributed by atoms with E-state index in [9.17, 15) is 4.79 Å². The van der Waals surface area contributed by atoms with Gasteiger partial charge in [0.1, 0.15) is 5.76 Å². The van der Waals surface area contributed by atoms with Gasteiger partial charge in [0.2, 0.25) is 0 Å². The van der Waals surface area contributed by atoms with Gasteiger partial charge in [0.25, 0.3) is 5.56 Å². The molecule has 0 aromatic carbocycles. The summed E-state index contributed by atoms with van der Waals surface area (Å²) in [5.74, 6) is 1.20. The van der Waals surface area contributed by atoms with E-state index in [1.165, 1.54) is 0 Å². The third kappa shape index (κ3) is 1.83. The van der Waals surface area contributed by atoms with Gasteiger partial charge in [0.15, 0.2) is 0 Å². The van der Waals surface area contributed by atoms with Crippen LogP contribution in [0.5, 0.6) is 0 Å². The molecule has 2 rings (SSSR count). The van der Waals surface area contributed by atoms with Gasteiger partial charge in [-0.3, -0.25) is 4.79 Å². The van der Waals surface area contributed by atoms with Crippen molar-refractivity contribution >= 4 is 0 Å². The number of aromatic nitrogens is 1. The number of nitrogens with one attached hydrogen (secondary N) is 2. The number of hydrogen-bond acceptors (Lipinski definition) is 3. The maximum atomic E-state index is 10.8. The highest BCUT2D eigenvalue weighted by atomic mass is 16.5. The van der Waals surface area contributed by atoms with Gasteiger partial charge in [-0.1, -0.05) is 0 Å². The van der Waals surface area contributed by atoms with Gasteiger partial charge >= 0.3 is 0 Å². The first-order valence-corrected chi connectivity index (χ1v) is 4.67. The zero-order valence-corrected chi connectivity index (χ0v) is 7.67. The van der Waals surface area contributed by atoms with E-state index in [-0.39, 0.29) is 5.56 Å². The molecular formula is C9H14N2O2. The van der Waals surface area contributed by atoms with Gasteiger partial charge in [0, 0.05) is 18.0 Å². The van der Waals surface area contributed by atoms with Crippen molar-refractivity contribution in [3.63, 3.8) is 0 Å². The van der Waals surface area contributed by atoms with Crippen LogP contribution in [0.3, 0.4) is 0 Å². The smallest absolute Gasteiger partial charge is 0.280 e. The topological polar surface area (TPSA) is 58.0 Å². The second-order valence-electron chi connectivity index (χ2n) is 3.69. The van der Waals surface area contributed by atoms with Crippen LogP contribution in [0, 0.1) is 0 Å². The lowest BCUT2D eigenvalue weighted by molar-refractivity contribution is 0.301. The molecule has 2 atom stereocenters. The summed E-state index contributed by atoms with van der Waals surface area (Å²) in [4.78, 5) is 10.8. The maximum Gasteiger partial charge on any atom is 0.280 e. The minimum atomic E-state index is -0.138. The monoisotopic (exact) mass is 182 g/mol. The lowest BCUT2D eigenvalue weighted by atomic mass is 9.91. The van der Waals surface area contributed by atoms with Gasteiger partial charge < -0.3 is 9.84 Å². The van der Waals surface area contributed by atoms with E-state index < -0.39 is 0 Å². The predicted octanol–water partition coefficient (Wildman–Crippen LogP) is 0.823. The molecule has 0 bridgehead atoms. The normalized spacial score (nSPS) is 29.0. The van der Waals surface area contributed by atoms with E-state index in [4.69, 9.17) is 4.52 Å². The predicted molar refractivity (Wildman–Crippen MR) is 48.8 cm³/mol. The second-order valence-corrected chi connectivity index (χ2v) is 3.69. The van der Waals surface area contributed by atoms with Crippen LogP contribution in [0.15, 0.2) is 15.4 Å². The summed E-state index contributed by atoms with van der Waals surface area (Å²) < 4.78 is 5.09. The summed E-state index contributed by atoms with van der Waals surface area (Å²) in [6.45, 7) is 3.15. The molecule has 1 saturated heterocycles. The van der Waals surface area contributed by atoms with Crippen LogP contribution in [-0.2, 0) is 0 Å². The molecule has 4 nitrogen and oxygen atoms in total. The Hall–Kier alpha value is -1.03. The molecule has 2 N–H and O–H groups in total. The molecular weight excluding hydrogens is 168 g/mol. The summed E-state index contributed by atoms with van der Waals surface area (Å²) in [6, 6.07) is 2.07. The Bertz CT molecular complexity index is 328. The molecule has 72 valence electrons. The molecule has 1 aliphatic heterocycles. The molecule has 0 amide bonds. The molecule has 1 aromatic rings. The molecule has 0 radical (unpaired) electrons. The highest BCUT2D eigenvalue weighted by molar-refractivity contribution is 5.04. The highest BCUT2D eigenvalue weighted by Gasteiger charge is 2.22. The van der Waals surface area contributed by atoms with E-state index >= 15 is 0 Å². The van der Waals surface area contributed by atoms with Gasteiger partial charge in [-0.15, -0.1) is 0 Å². The Morgan fingerprint density at radius 2 is 2.46 bits per heavy atom. The number of H-pyrrole nitrogens is 1. The minimum absolute atomic E-state index is 0.138. The Morgan fingerprint density at radius 1 is 1.62 bits per heavy atom. The highest BCUT2D eigenvalue weighted by Crippen LogP contribution is 2.26. The number of piperidine rings is 1. The number of rotatable bonds is 1. The van der Waals surface area contributed by atoms with Crippen molar-refractivity contribution in [2.45, 2.75) is 31.7 Å². The first-order valence-electron chi connectivity index (χ1n) is 4.67. The second kappa shape index (κ2) is 3.38. The van der Waals surface area contributed by atoms with Crippen molar-refractivity contribution in [1.82, 2.24) is 10.5 Å². The zero-order valence-electron chi connectivity index (χ0n) is 7.67. The number of hydrogen-bond donors (Lipinski definition) is 2. The van der Waals surface area contributed by atoms with Gasteiger partial charge in [-0.25, -0.2) is 0 Å². The van der Waals surface area contributed by atoms with E-state index in [0.29, 0.717) is 12.0 Å². The van der Waals surface area contributed by atoms with Crippen molar-refractivity contribution in [2.75, 3.05) is 6.54 Å². The lowest BCUT2D eigenvalue weighted by Crippen LogP contribution is -2.34. The van der Waals surface area contributed by atoms with Crippen molar-refractivity contribution in [3.05, 3.63) is 22.2 Å². The Kier molecular flexibility index (Phi) is 2.22. The first-order chi connectivity index (χ1) is 6.25. The fourth-order valence-electron chi connectivity index (χ4n) is 1.89. The van der Waals surface area contributed by atoms with Crippen LogP contribution in [0.1, 0.15) is 31.4 Å². The van der Waals surface area contributed by atoms with E-state index in [0.717, 1.165) is 25.1 Å². The van der Waals surface area contributed by atoms with E-state index in [1.54, 1.807) is 6.07 Å².